The summed E-state index contributed by atoms with van der Waals surface area (Å²) >= 11 is 0. The van der Waals surface area contributed by atoms with E-state index in [9.17, 15) is 14.9 Å². The number of non-ortho nitro benzene ring substituents is 1. The summed E-state index contributed by atoms with van der Waals surface area (Å²) < 4.78 is 0. The number of benzene rings is 2. The number of hydrogen-bond acceptors (Lipinski definition) is 5. The number of likely N-dealkylation sites (tertiary alicyclic amines) is 1. The van der Waals surface area contributed by atoms with Crippen molar-refractivity contribution in [2.75, 3.05) is 31.1 Å². The summed E-state index contributed by atoms with van der Waals surface area (Å²) in [6, 6.07) is 16.4. The second-order valence-electron chi connectivity index (χ2n) is 7.54. The molecule has 0 bridgehead atoms. The number of nitrogens with zero attached hydrogens (tertiary/aromatic N) is 3. The summed E-state index contributed by atoms with van der Waals surface area (Å²) in [5.41, 5.74) is 7.90. The van der Waals surface area contributed by atoms with Gasteiger partial charge >= 0.3 is 0 Å². The Kier molecular flexibility index (Phi) is 6.52. The molecule has 2 fully saturated rings. The number of rotatable bonds is 5. The average molecular weight is 417 g/mol. The smallest absolute Gasteiger partial charge is 0.271 e. The Morgan fingerprint density at radius 3 is 2.55 bits per heavy atom. The van der Waals surface area contributed by atoms with Gasteiger partial charge in [0.05, 0.1) is 16.7 Å². The molecule has 8 heteroatoms. The molecule has 7 nitrogen and oxygen atoms in total. The molecule has 4 rings (SSSR count). The fraction of sp³-hybridized carbons (Fsp3) is 0.381. The highest BCUT2D eigenvalue weighted by molar-refractivity contribution is 5.99. The molecule has 3 atom stereocenters. The summed E-state index contributed by atoms with van der Waals surface area (Å²) in [5.74, 6) is 0.665. The van der Waals surface area contributed by atoms with Gasteiger partial charge < -0.3 is 10.6 Å². The zero-order valence-electron chi connectivity index (χ0n) is 16.0. The van der Waals surface area contributed by atoms with Crippen molar-refractivity contribution in [3.63, 3.8) is 0 Å². The van der Waals surface area contributed by atoms with E-state index in [4.69, 9.17) is 5.73 Å². The van der Waals surface area contributed by atoms with Crippen molar-refractivity contribution in [1.29, 1.82) is 0 Å². The molecule has 0 spiro atoms. The van der Waals surface area contributed by atoms with Crippen molar-refractivity contribution in [1.82, 2.24) is 4.90 Å². The van der Waals surface area contributed by atoms with Crippen LogP contribution in [0.15, 0.2) is 54.6 Å². The summed E-state index contributed by atoms with van der Waals surface area (Å²) in [6.45, 7) is 2.77. The molecule has 1 unspecified atom stereocenters. The third kappa shape index (κ3) is 4.12. The average Bonchev–Trinajstić information content (AvgIpc) is 3.32. The molecule has 2 aromatic rings. The quantitative estimate of drug-likeness (QED) is 0.597. The van der Waals surface area contributed by atoms with Gasteiger partial charge in [0, 0.05) is 37.7 Å². The number of hydrogen-bond donors (Lipinski definition) is 1. The molecule has 29 heavy (non-hydrogen) atoms. The maximum atomic E-state index is 13.1. The molecule has 154 valence electrons. The number of nitrogens with two attached hydrogens (primary N) is 1. The lowest BCUT2D eigenvalue weighted by molar-refractivity contribution is -0.384. The maximum Gasteiger partial charge on any atom is 0.271 e. The van der Waals surface area contributed by atoms with Crippen LogP contribution in [0.5, 0.6) is 0 Å². The molecule has 2 N–H and O–H groups in total. The minimum absolute atomic E-state index is 0. The second-order valence-corrected chi connectivity index (χ2v) is 7.54. The van der Waals surface area contributed by atoms with Gasteiger partial charge in [0.2, 0.25) is 5.91 Å². The molecule has 0 aliphatic carbocycles. The molecule has 1 amide bonds. The molecule has 2 aromatic carbocycles. The number of nitro benzene ring substituents is 1. The predicted octanol–water partition coefficient (Wildman–Crippen LogP) is 2.80. The second kappa shape index (κ2) is 8.90. The first-order valence-electron chi connectivity index (χ1n) is 9.63. The third-order valence-corrected chi connectivity index (χ3v) is 5.97. The Labute approximate surface area is 176 Å². The fourth-order valence-electron chi connectivity index (χ4n) is 4.51. The lowest BCUT2D eigenvalue weighted by Gasteiger charge is -2.23. The van der Waals surface area contributed by atoms with Crippen LogP contribution in [0.25, 0.3) is 0 Å². The number of nitro groups is 1. The Morgan fingerprint density at radius 1 is 1.10 bits per heavy atom. The van der Waals surface area contributed by atoms with Crippen molar-refractivity contribution < 1.29 is 9.72 Å². The van der Waals surface area contributed by atoms with E-state index in [1.165, 1.54) is 17.7 Å². The van der Waals surface area contributed by atoms with Gasteiger partial charge in [-0.05, 0) is 30.5 Å². The van der Waals surface area contributed by atoms with Crippen molar-refractivity contribution in [3.8, 4) is 0 Å². The van der Waals surface area contributed by atoms with E-state index in [-0.39, 0.29) is 30.0 Å². The van der Waals surface area contributed by atoms with Crippen molar-refractivity contribution in [2.24, 2.45) is 11.7 Å². The maximum absolute atomic E-state index is 13.1. The van der Waals surface area contributed by atoms with Gasteiger partial charge in [0.1, 0.15) is 0 Å². The van der Waals surface area contributed by atoms with Crippen LogP contribution >= 0.6 is 12.4 Å². The van der Waals surface area contributed by atoms with Gasteiger partial charge in [-0.2, -0.15) is 0 Å². The Hall–Kier alpha value is -2.48. The Bertz CT molecular complexity index is 879. The lowest BCUT2D eigenvalue weighted by Crippen LogP contribution is -2.41. The van der Waals surface area contributed by atoms with E-state index < -0.39 is 4.92 Å². The fourth-order valence-corrected chi connectivity index (χ4v) is 4.51. The van der Waals surface area contributed by atoms with Crippen LogP contribution in [0.2, 0.25) is 0 Å². The SMILES string of the molecule is Cl.NC[C@@H]1CN(C2CCN(c3cccc([N+](=O)[O-])c3)C2=O)C[C@H]1c1ccccc1. The molecule has 0 radical (unpaired) electrons. The molecular weight excluding hydrogens is 392 g/mol. The standard InChI is InChI=1S/C21H24N4O3.ClH/c22-12-16-13-23(14-19(16)15-5-2-1-3-6-15)20-9-10-24(21(20)26)17-7-4-8-18(11-17)25(27)28;/h1-8,11,16,19-20H,9-10,12-14,22H2;1H/t16-,19+,20?;/m1./s1. The van der Waals surface area contributed by atoms with Crippen LogP contribution in [-0.4, -0.2) is 48.0 Å². The van der Waals surface area contributed by atoms with Gasteiger partial charge in [0.25, 0.3) is 5.69 Å². The van der Waals surface area contributed by atoms with Crippen LogP contribution < -0.4 is 10.6 Å². The van der Waals surface area contributed by atoms with Crippen molar-refractivity contribution >= 4 is 29.7 Å². The van der Waals surface area contributed by atoms with Crippen LogP contribution in [0, 0.1) is 16.0 Å². The van der Waals surface area contributed by atoms with E-state index in [0.717, 1.165) is 19.5 Å². The Morgan fingerprint density at radius 2 is 1.86 bits per heavy atom. The van der Waals surface area contributed by atoms with E-state index in [0.29, 0.717) is 30.6 Å². The molecule has 0 saturated carbocycles. The van der Waals surface area contributed by atoms with Gasteiger partial charge in [-0.15, -0.1) is 12.4 Å². The normalized spacial score (nSPS) is 24.5. The third-order valence-electron chi connectivity index (χ3n) is 5.97. The minimum atomic E-state index is -0.432. The van der Waals surface area contributed by atoms with Crippen molar-refractivity contribution in [2.45, 2.75) is 18.4 Å². The first kappa shape index (κ1) is 21.2. The number of carbonyl (C=O) groups excluding carboxylic acids is 1. The zero-order chi connectivity index (χ0) is 19.7. The number of halogens is 1. The molecular formula is C21H25ClN4O3. The summed E-state index contributed by atoms with van der Waals surface area (Å²) in [4.78, 5) is 27.6. The monoisotopic (exact) mass is 416 g/mol. The largest absolute Gasteiger partial charge is 0.330 e. The lowest BCUT2D eigenvalue weighted by atomic mass is 9.89. The highest BCUT2D eigenvalue weighted by Gasteiger charge is 2.43. The van der Waals surface area contributed by atoms with Gasteiger partial charge in [-0.1, -0.05) is 36.4 Å². The number of amides is 1. The summed E-state index contributed by atoms with van der Waals surface area (Å²) in [7, 11) is 0. The van der Waals surface area contributed by atoms with Crippen LogP contribution in [0.1, 0.15) is 17.9 Å². The molecule has 2 heterocycles. The van der Waals surface area contributed by atoms with E-state index >= 15 is 0 Å². The molecule has 2 aliphatic heterocycles. The zero-order valence-corrected chi connectivity index (χ0v) is 16.8. The van der Waals surface area contributed by atoms with Crippen molar-refractivity contribution in [3.05, 3.63) is 70.3 Å². The summed E-state index contributed by atoms with van der Waals surface area (Å²) in [6.07, 6.45) is 0.723. The first-order chi connectivity index (χ1) is 13.6. The number of carbonyl (C=O) groups is 1. The Balaban J connectivity index is 0.00000240. The van der Waals surface area contributed by atoms with Gasteiger partial charge in [-0.25, -0.2) is 0 Å². The van der Waals surface area contributed by atoms with Gasteiger partial charge in [0.15, 0.2) is 0 Å². The minimum Gasteiger partial charge on any atom is -0.330 e. The highest BCUT2D eigenvalue weighted by atomic mass is 35.5. The first-order valence-corrected chi connectivity index (χ1v) is 9.63. The number of anilines is 1. The predicted molar refractivity (Wildman–Crippen MR) is 114 cm³/mol. The highest BCUT2D eigenvalue weighted by Crippen LogP contribution is 2.36. The van der Waals surface area contributed by atoms with Gasteiger partial charge in [-0.3, -0.25) is 19.8 Å². The molecule has 2 aliphatic rings. The topological polar surface area (TPSA) is 92.7 Å². The van der Waals surface area contributed by atoms with E-state index in [1.54, 1.807) is 17.0 Å². The van der Waals surface area contributed by atoms with Crippen LogP contribution in [-0.2, 0) is 4.79 Å². The molecule has 0 aromatic heterocycles. The summed E-state index contributed by atoms with van der Waals surface area (Å²) in [5, 5.41) is 11.0. The van der Waals surface area contributed by atoms with Crippen LogP contribution in [0.4, 0.5) is 11.4 Å². The molecule has 2 saturated heterocycles. The van der Waals surface area contributed by atoms with E-state index in [1.807, 2.05) is 18.2 Å². The van der Waals surface area contributed by atoms with Crippen LogP contribution in [0.3, 0.4) is 0 Å². The van der Waals surface area contributed by atoms with E-state index in [2.05, 4.69) is 17.0 Å².